The van der Waals surface area contributed by atoms with E-state index in [1.54, 1.807) is 0 Å². The first-order chi connectivity index (χ1) is 6.72. The van der Waals surface area contributed by atoms with Gasteiger partial charge in [-0.2, -0.15) is 0 Å². The van der Waals surface area contributed by atoms with E-state index in [9.17, 15) is 0 Å². The SMILES string of the molecule is C=C(CCCC)NC1CCC(C)CC1. The normalized spacial score (nSPS) is 27.3. The van der Waals surface area contributed by atoms with Crippen LogP contribution in [0.3, 0.4) is 0 Å². The minimum absolute atomic E-state index is 0.718. The molecule has 1 aliphatic carbocycles. The Labute approximate surface area is 89.0 Å². The fraction of sp³-hybridized carbons (Fsp3) is 0.846. The van der Waals surface area contributed by atoms with Gasteiger partial charge in [-0.3, -0.25) is 0 Å². The van der Waals surface area contributed by atoms with E-state index in [2.05, 4.69) is 25.7 Å². The summed E-state index contributed by atoms with van der Waals surface area (Å²) in [6, 6.07) is 0.718. The molecule has 1 saturated carbocycles. The zero-order chi connectivity index (χ0) is 10.4. The molecule has 0 aromatic heterocycles. The van der Waals surface area contributed by atoms with Gasteiger partial charge in [0.05, 0.1) is 0 Å². The topological polar surface area (TPSA) is 12.0 Å². The molecule has 1 aliphatic rings. The predicted molar refractivity (Wildman–Crippen MR) is 63.2 cm³/mol. The summed E-state index contributed by atoms with van der Waals surface area (Å²) < 4.78 is 0. The first kappa shape index (κ1) is 11.6. The summed E-state index contributed by atoms with van der Waals surface area (Å²) in [4.78, 5) is 0. The van der Waals surface area contributed by atoms with E-state index in [0.717, 1.165) is 18.4 Å². The molecule has 14 heavy (non-hydrogen) atoms. The van der Waals surface area contributed by atoms with Crippen LogP contribution in [0.5, 0.6) is 0 Å². The molecule has 1 heteroatoms. The maximum atomic E-state index is 4.09. The number of hydrogen-bond donors (Lipinski definition) is 1. The van der Waals surface area contributed by atoms with Gasteiger partial charge in [0, 0.05) is 11.7 Å². The Morgan fingerprint density at radius 3 is 2.50 bits per heavy atom. The van der Waals surface area contributed by atoms with Gasteiger partial charge in [-0.25, -0.2) is 0 Å². The Balaban J connectivity index is 2.14. The molecule has 0 saturated heterocycles. The van der Waals surface area contributed by atoms with E-state index >= 15 is 0 Å². The van der Waals surface area contributed by atoms with E-state index in [-0.39, 0.29) is 0 Å². The fourth-order valence-electron chi connectivity index (χ4n) is 2.16. The second-order valence-corrected chi connectivity index (χ2v) is 4.81. The van der Waals surface area contributed by atoms with Gasteiger partial charge in [0.1, 0.15) is 0 Å². The molecule has 0 amide bonds. The first-order valence-corrected chi connectivity index (χ1v) is 6.16. The van der Waals surface area contributed by atoms with Crippen LogP contribution in [0.25, 0.3) is 0 Å². The van der Waals surface area contributed by atoms with Gasteiger partial charge in [-0.1, -0.05) is 26.8 Å². The predicted octanol–water partition coefficient (Wildman–Crippen LogP) is 3.86. The zero-order valence-corrected chi connectivity index (χ0v) is 9.81. The third-order valence-corrected chi connectivity index (χ3v) is 3.26. The van der Waals surface area contributed by atoms with E-state index in [1.807, 2.05) is 0 Å². The highest BCUT2D eigenvalue weighted by Crippen LogP contribution is 2.24. The van der Waals surface area contributed by atoms with Gasteiger partial charge in [0.2, 0.25) is 0 Å². The van der Waals surface area contributed by atoms with E-state index in [0.29, 0.717) is 0 Å². The van der Waals surface area contributed by atoms with Crippen LogP contribution in [0.15, 0.2) is 12.3 Å². The van der Waals surface area contributed by atoms with Crippen molar-refractivity contribution in [2.45, 2.75) is 64.8 Å². The summed E-state index contributed by atoms with van der Waals surface area (Å²) in [5, 5.41) is 3.58. The Morgan fingerprint density at radius 1 is 1.29 bits per heavy atom. The molecular weight excluding hydrogens is 170 g/mol. The molecule has 0 spiro atoms. The third kappa shape index (κ3) is 4.17. The Hall–Kier alpha value is -0.460. The van der Waals surface area contributed by atoms with Crippen molar-refractivity contribution in [3.63, 3.8) is 0 Å². The van der Waals surface area contributed by atoms with Crippen molar-refractivity contribution in [2.75, 3.05) is 0 Å². The largest absolute Gasteiger partial charge is 0.386 e. The summed E-state index contributed by atoms with van der Waals surface area (Å²) in [6.07, 6.45) is 9.15. The molecular formula is C13H25N. The smallest absolute Gasteiger partial charge is 0.0258 e. The number of allylic oxidation sites excluding steroid dienone is 1. The maximum absolute atomic E-state index is 4.09. The summed E-state index contributed by atoms with van der Waals surface area (Å²) in [6.45, 7) is 8.69. The molecule has 1 fully saturated rings. The van der Waals surface area contributed by atoms with Crippen molar-refractivity contribution in [1.29, 1.82) is 0 Å². The molecule has 1 N–H and O–H groups in total. The molecule has 0 heterocycles. The second kappa shape index (κ2) is 6.10. The number of unbranched alkanes of at least 4 members (excludes halogenated alkanes) is 1. The fourth-order valence-corrected chi connectivity index (χ4v) is 2.16. The van der Waals surface area contributed by atoms with Gasteiger partial charge >= 0.3 is 0 Å². The van der Waals surface area contributed by atoms with Gasteiger partial charge in [-0.05, 0) is 44.4 Å². The van der Waals surface area contributed by atoms with Crippen molar-refractivity contribution in [1.82, 2.24) is 5.32 Å². The van der Waals surface area contributed by atoms with Crippen LogP contribution in [-0.4, -0.2) is 6.04 Å². The van der Waals surface area contributed by atoms with Crippen molar-refractivity contribution >= 4 is 0 Å². The maximum Gasteiger partial charge on any atom is 0.0258 e. The van der Waals surface area contributed by atoms with Crippen LogP contribution in [0.4, 0.5) is 0 Å². The third-order valence-electron chi connectivity index (χ3n) is 3.26. The lowest BCUT2D eigenvalue weighted by atomic mass is 9.87. The van der Waals surface area contributed by atoms with Crippen molar-refractivity contribution in [3.05, 3.63) is 12.3 Å². The molecule has 1 nitrogen and oxygen atoms in total. The minimum Gasteiger partial charge on any atom is -0.386 e. The molecule has 0 atom stereocenters. The van der Waals surface area contributed by atoms with Gasteiger partial charge in [0.25, 0.3) is 0 Å². The van der Waals surface area contributed by atoms with E-state index in [4.69, 9.17) is 0 Å². The van der Waals surface area contributed by atoms with Crippen LogP contribution < -0.4 is 5.32 Å². The number of rotatable bonds is 5. The molecule has 1 rings (SSSR count). The first-order valence-electron chi connectivity index (χ1n) is 6.16. The highest BCUT2D eigenvalue weighted by atomic mass is 14.9. The van der Waals surface area contributed by atoms with Crippen molar-refractivity contribution in [2.24, 2.45) is 5.92 Å². The Kier molecular flexibility index (Phi) is 5.06. The Morgan fingerprint density at radius 2 is 1.93 bits per heavy atom. The molecule has 82 valence electrons. The lowest BCUT2D eigenvalue weighted by Gasteiger charge is -2.28. The standard InChI is InChI=1S/C13H25N/c1-4-5-6-12(3)14-13-9-7-11(2)8-10-13/h11,13-14H,3-10H2,1-2H3. The van der Waals surface area contributed by atoms with Crippen molar-refractivity contribution < 1.29 is 0 Å². The quantitative estimate of drug-likeness (QED) is 0.702. The second-order valence-electron chi connectivity index (χ2n) is 4.81. The highest BCUT2D eigenvalue weighted by Gasteiger charge is 2.17. The summed E-state index contributed by atoms with van der Waals surface area (Å²) in [5.41, 5.74) is 1.26. The summed E-state index contributed by atoms with van der Waals surface area (Å²) >= 11 is 0. The van der Waals surface area contributed by atoms with Crippen LogP contribution in [-0.2, 0) is 0 Å². The van der Waals surface area contributed by atoms with Crippen LogP contribution in [0.1, 0.15) is 58.8 Å². The van der Waals surface area contributed by atoms with Gasteiger partial charge in [0.15, 0.2) is 0 Å². The molecule has 0 unspecified atom stereocenters. The monoisotopic (exact) mass is 195 g/mol. The van der Waals surface area contributed by atoms with Gasteiger partial charge in [-0.15, -0.1) is 0 Å². The molecule has 0 radical (unpaired) electrons. The lowest BCUT2D eigenvalue weighted by molar-refractivity contribution is 0.319. The van der Waals surface area contributed by atoms with E-state index in [1.165, 1.54) is 44.2 Å². The summed E-state index contributed by atoms with van der Waals surface area (Å²) in [5.74, 6) is 0.942. The highest BCUT2D eigenvalue weighted by molar-refractivity contribution is 4.94. The van der Waals surface area contributed by atoms with Gasteiger partial charge < -0.3 is 5.32 Å². The average molecular weight is 195 g/mol. The Bertz CT molecular complexity index is 166. The van der Waals surface area contributed by atoms with Crippen LogP contribution in [0.2, 0.25) is 0 Å². The van der Waals surface area contributed by atoms with Crippen LogP contribution in [0, 0.1) is 5.92 Å². The zero-order valence-electron chi connectivity index (χ0n) is 9.81. The average Bonchev–Trinajstić information content (AvgIpc) is 2.18. The molecule has 0 aliphatic heterocycles. The number of nitrogens with one attached hydrogen (secondary N) is 1. The summed E-state index contributed by atoms with van der Waals surface area (Å²) in [7, 11) is 0. The van der Waals surface area contributed by atoms with E-state index < -0.39 is 0 Å². The molecule has 0 aromatic carbocycles. The lowest BCUT2D eigenvalue weighted by Crippen LogP contribution is -2.31. The number of hydrogen-bond acceptors (Lipinski definition) is 1. The minimum atomic E-state index is 0.718. The van der Waals surface area contributed by atoms with Crippen molar-refractivity contribution in [3.8, 4) is 0 Å². The molecule has 0 bridgehead atoms. The molecule has 0 aromatic rings. The van der Waals surface area contributed by atoms with Crippen LogP contribution >= 0.6 is 0 Å².